The van der Waals surface area contributed by atoms with Gasteiger partial charge in [-0.3, -0.25) is 14.8 Å². The molecule has 0 saturated carbocycles. The molecule has 0 spiro atoms. The zero-order valence-electron chi connectivity index (χ0n) is 15.6. The van der Waals surface area contributed by atoms with Gasteiger partial charge in [-0.2, -0.15) is 0 Å². The number of fused-ring (bicyclic) bond motifs is 3. The number of sulfonamides is 1. The van der Waals surface area contributed by atoms with Crippen molar-refractivity contribution in [3.63, 3.8) is 0 Å². The Balaban J connectivity index is 1.72. The molecule has 0 saturated heterocycles. The van der Waals surface area contributed by atoms with Crippen molar-refractivity contribution in [2.45, 2.75) is 38.0 Å². The molecule has 1 atom stereocenters. The standard InChI is InChI=1S/C20H20N2O5S/c1-12-3-7-18-16(9-12)17-10-14(5-8-19(17)27-18)21-28(25,26)20-11-15(22(23)24)6-4-13(20)2/h4-6,8,10-12,21H,3,7,9H2,1-2H3/t12-/m1/s1. The van der Waals surface area contributed by atoms with Crippen LogP contribution >= 0.6 is 0 Å². The second kappa shape index (κ2) is 6.63. The summed E-state index contributed by atoms with van der Waals surface area (Å²) in [5.41, 5.74) is 2.46. The van der Waals surface area contributed by atoms with Crippen molar-refractivity contribution in [3.8, 4) is 0 Å². The molecular formula is C20H20N2O5S. The fraction of sp³-hybridized carbons (Fsp3) is 0.300. The van der Waals surface area contributed by atoms with Crippen molar-refractivity contribution < 1.29 is 17.8 Å². The summed E-state index contributed by atoms with van der Waals surface area (Å²) >= 11 is 0. The first-order valence-electron chi connectivity index (χ1n) is 9.07. The molecule has 146 valence electrons. The Labute approximate surface area is 162 Å². The van der Waals surface area contributed by atoms with E-state index in [9.17, 15) is 18.5 Å². The number of anilines is 1. The second-order valence-corrected chi connectivity index (χ2v) is 9.03. The van der Waals surface area contributed by atoms with Gasteiger partial charge < -0.3 is 4.42 Å². The number of nitrogens with zero attached hydrogens (tertiary/aromatic N) is 1. The molecule has 0 aliphatic heterocycles. The molecule has 7 nitrogen and oxygen atoms in total. The summed E-state index contributed by atoms with van der Waals surface area (Å²) in [4.78, 5) is 10.3. The number of rotatable bonds is 4. The second-order valence-electron chi connectivity index (χ2n) is 7.38. The molecule has 0 unspecified atom stereocenters. The molecule has 1 N–H and O–H groups in total. The third kappa shape index (κ3) is 3.24. The monoisotopic (exact) mass is 400 g/mol. The summed E-state index contributed by atoms with van der Waals surface area (Å²) in [6.45, 7) is 3.80. The lowest BCUT2D eigenvalue weighted by Gasteiger charge is -2.16. The average Bonchev–Trinajstić information content (AvgIpc) is 2.98. The number of aryl methyl sites for hydroxylation is 2. The van der Waals surface area contributed by atoms with E-state index in [-0.39, 0.29) is 10.6 Å². The van der Waals surface area contributed by atoms with Crippen LogP contribution in [0, 0.1) is 23.0 Å². The highest BCUT2D eigenvalue weighted by atomic mass is 32.2. The lowest BCUT2D eigenvalue weighted by Crippen LogP contribution is -2.14. The Morgan fingerprint density at radius 3 is 2.75 bits per heavy atom. The SMILES string of the molecule is Cc1ccc([N+](=O)[O-])cc1S(=O)(=O)Nc1ccc2oc3c(c2c1)C[C@H](C)CC3. The highest BCUT2D eigenvalue weighted by Gasteiger charge is 2.24. The molecule has 1 aromatic heterocycles. The van der Waals surface area contributed by atoms with Crippen molar-refractivity contribution >= 4 is 32.4 Å². The molecular weight excluding hydrogens is 380 g/mol. The van der Waals surface area contributed by atoms with Crippen molar-refractivity contribution in [2.75, 3.05) is 4.72 Å². The third-order valence-electron chi connectivity index (χ3n) is 5.22. The molecule has 1 aliphatic carbocycles. The van der Waals surface area contributed by atoms with Gasteiger partial charge in [0.25, 0.3) is 15.7 Å². The molecule has 4 rings (SSSR count). The van der Waals surface area contributed by atoms with Gasteiger partial charge in [-0.15, -0.1) is 0 Å². The molecule has 0 amide bonds. The third-order valence-corrected chi connectivity index (χ3v) is 6.74. The fourth-order valence-corrected chi connectivity index (χ4v) is 5.03. The average molecular weight is 400 g/mol. The zero-order valence-corrected chi connectivity index (χ0v) is 16.4. The van der Waals surface area contributed by atoms with E-state index in [1.807, 2.05) is 0 Å². The van der Waals surface area contributed by atoms with E-state index in [0.29, 0.717) is 17.2 Å². The molecule has 8 heteroatoms. The normalized spacial score (nSPS) is 16.7. The van der Waals surface area contributed by atoms with Crippen LogP contribution in [-0.4, -0.2) is 13.3 Å². The van der Waals surface area contributed by atoms with Crippen LogP contribution in [0.2, 0.25) is 0 Å². The van der Waals surface area contributed by atoms with Crippen molar-refractivity contribution in [2.24, 2.45) is 5.92 Å². The zero-order chi connectivity index (χ0) is 20.1. The first-order valence-corrected chi connectivity index (χ1v) is 10.5. The Hall–Kier alpha value is -2.87. The summed E-state index contributed by atoms with van der Waals surface area (Å²) in [7, 11) is -3.97. The van der Waals surface area contributed by atoms with Crippen molar-refractivity contribution in [3.05, 3.63) is 63.4 Å². The number of hydrogen-bond donors (Lipinski definition) is 1. The van der Waals surface area contributed by atoms with Crippen LogP contribution in [0.3, 0.4) is 0 Å². The number of nitro benzene ring substituents is 1. The van der Waals surface area contributed by atoms with Gasteiger partial charge in [-0.25, -0.2) is 8.42 Å². The van der Waals surface area contributed by atoms with Gasteiger partial charge in [-0.1, -0.05) is 13.0 Å². The molecule has 0 radical (unpaired) electrons. The minimum absolute atomic E-state index is 0.107. The van der Waals surface area contributed by atoms with Crippen molar-refractivity contribution in [1.82, 2.24) is 0 Å². The van der Waals surface area contributed by atoms with E-state index < -0.39 is 14.9 Å². The van der Waals surface area contributed by atoms with E-state index in [2.05, 4.69) is 11.6 Å². The van der Waals surface area contributed by atoms with E-state index in [1.165, 1.54) is 12.1 Å². The highest BCUT2D eigenvalue weighted by molar-refractivity contribution is 7.92. The number of furan rings is 1. The molecule has 28 heavy (non-hydrogen) atoms. The quantitative estimate of drug-likeness (QED) is 0.510. The van der Waals surface area contributed by atoms with Crippen LogP contribution in [0.1, 0.15) is 30.2 Å². The van der Waals surface area contributed by atoms with Gasteiger partial charge in [0.1, 0.15) is 11.3 Å². The van der Waals surface area contributed by atoms with Crippen LogP contribution in [0.15, 0.2) is 45.7 Å². The number of hydrogen-bond acceptors (Lipinski definition) is 5. The summed E-state index contributed by atoms with van der Waals surface area (Å²) in [5, 5.41) is 11.9. The smallest absolute Gasteiger partial charge is 0.270 e. The molecule has 3 aromatic rings. The van der Waals surface area contributed by atoms with Gasteiger partial charge in [-0.05, 0) is 49.4 Å². The molecule has 0 bridgehead atoms. The maximum absolute atomic E-state index is 12.9. The maximum Gasteiger partial charge on any atom is 0.270 e. The summed E-state index contributed by atoms with van der Waals surface area (Å²) < 4.78 is 34.2. The highest BCUT2D eigenvalue weighted by Crippen LogP contribution is 2.35. The number of nitro groups is 1. The topological polar surface area (TPSA) is 102 Å². The van der Waals surface area contributed by atoms with Crippen LogP contribution in [0.5, 0.6) is 0 Å². The molecule has 0 fully saturated rings. The van der Waals surface area contributed by atoms with E-state index in [1.54, 1.807) is 25.1 Å². The predicted octanol–water partition coefficient (Wildman–Crippen LogP) is 4.58. The molecule has 1 aliphatic rings. The van der Waals surface area contributed by atoms with Gasteiger partial charge in [0.2, 0.25) is 0 Å². The summed E-state index contributed by atoms with van der Waals surface area (Å²) in [6.07, 6.45) is 2.88. The van der Waals surface area contributed by atoms with E-state index >= 15 is 0 Å². The van der Waals surface area contributed by atoms with E-state index in [0.717, 1.165) is 47.6 Å². The van der Waals surface area contributed by atoms with Gasteiger partial charge in [0, 0.05) is 35.2 Å². The lowest BCUT2D eigenvalue weighted by atomic mass is 9.88. The first-order chi connectivity index (χ1) is 13.2. The predicted molar refractivity (Wildman–Crippen MR) is 106 cm³/mol. The lowest BCUT2D eigenvalue weighted by molar-refractivity contribution is -0.385. The Kier molecular flexibility index (Phi) is 4.38. The van der Waals surface area contributed by atoms with Crippen LogP contribution in [0.4, 0.5) is 11.4 Å². The van der Waals surface area contributed by atoms with Gasteiger partial charge in [0.05, 0.1) is 9.82 Å². The maximum atomic E-state index is 12.9. The summed E-state index contributed by atoms with van der Waals surface area (Å²) in [5.74, 6) is 1.53. The fourth-order valence-electron chi connectivity index (χ4n) is 3.72. The largest absolute Gasteiger partial charge is 0.461 e. The number of non-ortho nitro benzene ring substituents is 1. The Bertz CT molecular complexity index is 1200. The van der Waals surface area contributed by atoms with Crippen LogP contribution in [0.25, 0.3) is 11.0 Å². The first kappa shape index (κ1) is 18.5. The minimum atomic E-state index is -3.97. The Morgan fingerprint density at radius 1 is 1.21 bits per heavy atom. The van der Waals surface area contributed by atoms with E-state index in [4.69, 9.17) is 4.42 Å². The number of nitrogens with one attached hydrogen (secondary N) is 1. The van der Waals surface area contributed by atoms with Crippen LogP contribution in [-0.2, 0) is 22.9 Å². The molecule has 2 aromatic carbocycles. The number of benzene rings is 2. The van der Waals surface area contributed by atoms with Crippen LogP contribution < -0.4 is 4.72 Å². The minimum Gasteiger partial charge on any atom is -0.461 e. The van der Waals surface area contributed by atoms with Gasteiger partial charge in [0.15, 0.2) is 0 Å². The molecule has 1 heterocycles. The summed E-state index contributed by atoms with van der Waals surface area (Å²) in [6, 6.07) is 8.99. The van der Waals surface area contributed by atoms with Gasteiger partial charge >= 0.3 is 0 Å². The Morgan fingerprint density at radius 2 is 2.00 bits per heavy atom. The van der Waals surface area contributed by atoms with Crippen molar-refractivity contribution in [1.29, 1.82) is 0 Å².